The average molecular weight is 308 g/mol. The van der Waals surface area contributed by atoms with Gasteiger partial charge in [0.15, 0.2) is 0 Å². The van der Waals surface area contributed by atoms with Crippen LogP contribution in [0.1, 0.15) is 32.1 Å². The largest absolute Gasteiger partial charge is 0.381 e. The van der Waals surface area contributed by atoms with E-state index < -0.39 is 0 Å². The lowest BCUT2D eigenvalue weighted by Gasteiger charge is -2.34. The van der Waals surface area contributed by atoms with Crippen LogP contribution in [0.2, 0.25) is 0 Å². The van der Waals surface area contributed by atoms with Gasteiger partial charge in [-0.2, -0.15) is 0 Å². The molecule has 3 atom stereocenters. The lowest BCUT2D eigenvalue weighted by molar-refractivity contribution is -0.199. The van der Waals surface area contributed by atoms with Crippen molar-refractivity contribution in [2.45, 2.75) is 32.1 Å². The van der Waals surface area contributed by atoms with Crippen LogP contribution in [-0.4, -0.2) is 61.9 Å². The number of hydrogen-bond donors (Lipinski definition) is 0. The molecule has 0 unspecified atom stereocenters. The first-order valence-corrected chi connectivity index (χ1v) is 9.03. The van der Waals surface area contributed by atoms with Crippen LogP contribution < -0.4 is 0 Å². The normalized spacial score (nSPS) is 36.4. The topological polar surface area (TPSA) is 42.0 Å². The predicted octanol–water partition coefficient (Wildman–Crippen LogP) is 1.53. The van der Waals surface area contributed by atoms with Crippen molar-refractivity contribution in [2.24, 2.45) is 23.7 Å². The van der Waals surface area contributed by atoms with Crippen molar-refractivity contribution in [2.75, 3.05) is 46.0 Å². The summed E-state index contributed by atoms with van der Waals surface area (Å²) in [4.78, 5) is 20.6. The van der Waals surface area contributed by atoms with Crippen LogP contribution in [-0.2, 0) is 14.4 Å². The summed E-state index contributed by atoms with van der Waals surface area (Å²) in [6, 6.07) is 0. The second-order valence-electron chi connectivity index (χ2n) is 7.62. The van der Waals surface area contributed by atoms with Gasteiger partial charge in [0.25, 0.3) is 0 Å². The fraction of sp³-hybridized carbons (Fsp3) is 0.941. The van der Waals surface area contributed by atoms with E-state index in [-0.39, 0.29) is 5.91 Å². The number of nitrogens with zero attached hydrogens (tertiary/aromatic N) is 2. The fourth-order valence-electron chi connectivity index (χ4n) is 4.34. The SMILES string of the molecule is O=C(C[C@@H]1COC[C@H]2CN(CC3CC3)C[C@@H]12)N1CCCCO1. The molecule has 0 aromatic rings. The van der Waals surface area contributed by atoms with E-state index in [1.807, 2.05) is 0 Å². The van der Waals surface area contributed by atoms with Gasteiger partial charge in [0.2, 0.25) is 5.91 Å². The molecule has 22 heavy (non-hydrogen) atoms. The van der Waals surface area contributed by atoms with E-state index in [2.05, 4.69) is 4.90 Å². The second-order valence-corrected chi connectivity index (χ2v) is 7.62. The van der Waals surface area contributed by atoms with Crippen molar-refractivity contribution in [3.05, 3.63) is 0 Å². The molecule has 4 aliphatic rings. The monoisotopic (exact) mass is 308 g/mol. The molecule has 0 aromatic heterocycles. The van der Waals surface area contributed by atoms with E-state index in [0.29, 0.717) is 30.8 Å². The Morgan fingerprint density at radius 2 is 2.05 bits per heavy atom. The van der Waals surface area contributed by atoms with Gasteiger partial charge in [0.1, 0.15) is 0 Å². The minimum Gasteiger partial charge on any atom is -0.381 e. The molecule has 0 bridgehead atoms. The smallest absolute Gasteiger partial charge is 0.246 e. The molecule has 0 N–H and O–H groups in total. The van der Waals surface area contributed by atoms with E-state index in [4.69, 9.17) is 9.57 Å². The number of likely N-dealkylation sites (tertiary alicyclic amines) is 1. The van der Waals surface area contributed by atoms with Gasteiger partial charge in [-0.25, -0.2) is 5.06 Å². The fourth-order valence-corrected chi connectivity index (χ4v) is 4.34. The van der Waals surface area contributed by atoms with Gasteiger partial charge in [0, 0.05) is 32.6 Å². The van der Waals surface area contributed by atoms with Crippen molar-refractivity contribution in [3.8, 4) is 0 Å². The first-order chi connectivity index (χ1) is 10.8. The summed E-state index contributed by atoms with van der Waals surface area (Å²) in [6.45, 7) is 6.69. The van der Waals surface area contributed by atoms with E-state index in [1.54, 1.807) is 5.06 Å². The summed E-state index contributed by atoms with van der Waals surface area (Å²) < 4.78 is 5.81. The second kappa shape index (κ2) is 6.46. The highest BCUT2D eigenvalue weighted by molar-refractivity contribution is 5.75. The number of rotatable bonds is 4. The van der Waals surface area contributed by atoms with E-state index in [9.17, 15) is 4.79 Å². The third-order valence-corrected chi connectivity index (χ3v) is 5.77. The van der Waals surface area contributed by atoms with E-state index in [0.717, 1.165) is 38.5 Å². The van der Waals surface area contributed by atoms with Gasteiger partial charge in [0.05, 0.1) is 19.8 Å². The van der Waals surface area contributed by atoms with Crippen LogP contribution in [0.4, 0.5) is 0 Å². The molecular weight excluding hydrogens is 280 g/mol. The van der Waals surface area contributed by atoms with Gasteiger partial charge < -0.3 is 9.64 Å². The Bertz CT molecular complexity index is 407. The minimum atomic E-state index is 0.162. The molecule has 4 fully saturated rings. The molecule has 3 saturated heterocycles. The lowest BCUT2D eigenvalue weighted by atomic mass is 9.81. The molecule has 3 heterocycles. The quantitative estimate of drug-likeness (QED) is 0.790. The minimum absolute atomic E-state index is 0.162. The maximum atomic E-state index is 12.5. The first kappa shape index (κ1) is 14.9. The third kappa shape index (κ3) is 3.31. The summed E-state index contributed by atoms with van der Waals surface area (Å²) >= 11 is 0. The van der Waals surface area contributed by atoms with Crippen LogP contribution in [0.5, 0.6) is 0 Å². The number of hydrogen-bond acceptors (Lipinski definition) is 4. The molecule has 5 nitrogen and oxygen atoms in total. The Morgan fingerprint density at radius 1 is 1.14 bits per heavy atom. The van der Waals surface area contributed by atoms with E-state index in [1.165, 1.54) is 32.5 Å². The predicted molar refractivity (Wildman–Crippen MR) is 82.0 cm³/mol. The lowest BCUT2D eigenvalue weighted by Crippen LogP contribution is -2.41. The summed E-state index contributed by atoms with van der Waals surface area (Å²) in [5, 5.41) is 1.60. The Labute approximate surface area is 132 Å². The average Bonchev–Trinajstić information content (AvgIpc) is 3.25. The van der Waals surface area contributed by atoms with Crippen molar-refractivity contribution >= 4 is 5.91 Å². The highest BCUT2D eigenvalue weighted by Gasteiger charge is 2.43. The molecule has 1 aliphatic carbocycles. The maximum Gasteiger partial charge on any atom is 0.246 e. The van der Waals surface area contributed by atoms with Crippen molar-refractivity contribution in [3.63, 3.8) is 0 Å². The first-order valence-electron chi connectivity index (χ1n) is 9.03. The molecule has 0 radical (unpaired) electrons. The molecule has 1 amide bonds. The number of amides is 1. The molecule has 124 valence electrons. The number of ether oxygens (including phenoxy) is 1. The van der Waals surface area contributed by atoms with Crippen molar-refractivity contribution < 1.29 is 14.4 Å². The molecule has 0 spiro atoms. The molecule has 3 aliphatic heterocycles. The molecule has 4 rings (SSSR count). The van der Waals surface area contributed by atoms with Crippen molar-refractivity contribution in [1.29, 1.82) is 0 Å². The zero-order valence-corrected chi connectivity index (χ0v) is 13.4. The number of hydroxylamine groups is 2. The highest BCUT2D eigenvalue weighted by Crippen LogP contribution is 2.38. The van der Waals surface area contributed by atoms with Gasteiger partial charge in [-0.1, -0.05) is 0 Å². The number of carbonyl (C=O) groups excluding carboxylic acids is 1. The zero-order valence-electron chi connectivity index (χ0n) is 13.4. The van der Waals surface area contributed by atoms with E-state index >= 15 is 0 Å². The third-order valence-electron chi connectivity index (χ3n) is 5.77. The Morgan fingerprint density at radius 3 is 2.82 bits per heavy atom. The Hall–Kier alpha value is -0.650. The zero-order chi connectivity index (χ0) is 14.9. The van der Waals surface area contributed by atoms with Gasteiger partial charge >= 0.3 is 0 Å². The van der Waals surface area contributed by atoms with Crippen LogP contribution in [0.25, 0.3) is 0 Å². The summed E-state index contributed by atoms with van der Waals surface area (Å²) in [6.07, 6.45) is 5.55. The summed E-state index contributed by atoms with van der Waals surface area (Å²) in [7, 11) is 0. The van der Waals surface area contributed by atoms with Crippen LogP contribution in [0, 0.1) is 23.7 Å². The molecule has 0 aromatic carbocycles. The van der Waals surface area contributed by atoms with Gasteiger partial charge in [-0.05, 0) is 49.4 Å². The molecule has 5 heteroatoms. The number of fused-ring (bicyclic) bond motifs is 1. The Kier molecular flexibility index (Phi) is 4.38. The van der Waals surface area contributed by atoms with Crippen LogP contribution in [0.3, 0.4) is 0 Å². The summed E-state index contributed by atoms with van der Waals surface area (Å²) in [5.74, 6) is 2.76. The Balaban J connectivity index is 1.33. The maximum absolute atomic E-state index is 12.5. The standard InChI is InChI=1S/C17H28N2O3/c20-17(19-5-1-2-6-22-19)7-14-11-21-12-15-9-18(10-16(14)15)8-13-3-4-13/h13-16H,1-12H2/t14-,15-,16+/m1/s1. The van der Waals surface area contributed by atoms with Gasteiger partial charge in [-0.3, -0.25) is 9.63 Å². The molecule has 1 saturated carbocycles. The number of carbonyl (C=O) groups is 1. The van der Waals surface area contributed by atoms with Crippen molar-refractivity contribution in [1.82, 2.24) is 9.96 Å². The van der Waals surface area contributed by atoms with Gasteiger partial charge in [-0.15, -0.1) is 0 Å². The van der Waals surface area contributed by atoms with Crippen LogP contribution >= 0.6 is 0 Å². The highest BCUT2D eigenvalue weighted by atomic mass is 16.7. The summed E-state index contributed by atoms with van der Waals surface area (Å²) in [5.41, 5.74) is 0. The van der Waals surface area contributed by atoms with Crippen LogP contribution in [0.15, 0.2) is 0 Å². The molecular formula is C17H28N2O3.